The van der Waals surface area contributed by atoms with Crippen molar-refractivity contribution in [3.63, 3.8) is 0 Å². The van der Waals surface area contributed by atoms with Gasteiger partial charge in [-0.3, -0.25) is 0 Å². The van der Waals surface area contributed by atoms with Gasteiger partial charge in [-0.1, -0.05) is 32.9 Å². The summed E-state index contributed by atoms with van der Waals surface area (Å²) < 4.78 is 0.998. The average molecular weight is 206 g/mol. The summed E-state index contributed by atoms with van der Waals surface area (Å²) >= 11 is 1.62. The standard InChI is InChI=1S/C12H14OS/c1-12(2,3)9-7-14-11-8(9)5-4-6-10(11)13/h4-7,13H,1-3H3. The molecular formula is C12H14OS. The molecule has 2 heteroatoms. The van der Waals surface area contributed by atoms with E-state index < -0.39 is 0 Å². The number of fused-ring (bicyclic) bond motifs is 1. The van der Waals surface area contributed by atoms with Crippen LogP contribution < -0.4 is 0 Å². The Labute approximate surface area is 88.0 Å². The third kappa shape index (κ3) is 1.40. The highest BCUT2D eigenvalue weighted by molar-refractivity contribution is 7.17. The predicted octanol–water partition coefficient (Wildman–Crippen LogP) is 3.90. The molecule has 0 amide bonds. The van der Waals surface area contributed by atoms with Crippen LogP contribution in [0.4, 0.5) is 0 Å². The molecule has 2 aromatic rings. The third-order valence-corrected chi connectivity index (χ3v) is 3.41. The van der Waals surface area contributed by atoms with Crippen molar-refractivity contribution in [2.75, 3.05) is 0 Å². The molecule has 0 saturated heterocycles. The Bertz CT molecular complexity index is 463. The lowest BCUT2D eigenvalue weighted by molar-refractivity contribution is 0.482. The van der Waals surface area contributed by atoms with Gasteiger partial charge >= 0.3 is 0 Å². The van der Waals surface area contributed by atoms with Crippen molar-refractivity contribution in [3.05, 3.63) is 29.1 Å². The molecule has 1 aromatic carbocycles. The minimum atomic E-state index is 0.145. The predicted molar refractivity (Wildman–Crippen MR) is 62.2 cm³/mol. The summed E-state index contributed by atoms with van der Waals surface area (Å²) in [5.41, 5.74) is 1.46. The second-order valence-corrected chi connectivity index (χ2v) is 5.43. The van der Waals surface area contributed by atoms with Crippen LogP contribution in [0.3, 0.4) is 0 Å². The number of benzene rings is 1. The Kier molecular flexibility index (Phi) is 2.04. The lowest BCUT2D eigenvalue weighted by Crippen LogP contribution is -2.09. The molecule has 0 bridgehead atoms. The zero-order valence-corrected chi connectivity index (χ0v) is 9.48. The molecule has 14 heavy (non-hydrogen) atoms. The van der Waals surface area contributed by atoms with Crippen LogP contribution in [0.1, 0.15) is 26.3 Å². The van der Waals surface area contributed by atoms with E-state index in [0.29, 0.717) is 5.75 Å². The van der Waals surface area contributed by atoms with Crippen molar-refractivity contribution >= 4 is 21.4 Å². The molecule has 0 unspecified atom stereocenters. The minimum Gasteiger partial charge on any atom is -0.506 e. The van der Waals surface area contributed by atoms with E-state index in [4.69, 9.17) is 0 Å². The lowest BCUT2D eigenvalue weighted by atomic mass is 9.87. The van der Waals surface area contributed by atoms with Gasteiger partial charge in [-0.2, -0.15) is 0 Å². The molecule has 0 spiro atoms. The first-order valence-electron chi connectivity index (χ1n) is 4.70. The van der Waals surface area contributed by atoms with E-state index in [2.05, 4.69) is 32.2 Å². The maximum Gasteiger partial charge on any atom is 0.133 e. The molecule has 0 saturated carbocycles. The van der Waals surface area contributed by atoms with Crippen LogP contribution in [0, 0.1) is 0 Å². The molecule has 1 heterocycles. The molecule has 0 radical (unpaired) electrons. The van der Waals surface area contributed by atoms with Gasteiger partial charge in [0, 0.05) is 0 Å². The molecule has 1 nitrogen and oxygen atoms in total. The molecule has 0 fully saturated rings. The topological polar surface area (TPSA) is 20.2 Å². The summed E-state index contributed by atoms with van der Waals surface area (Å²) in [5, 5.41) is 13.0. The third-order valence-electron chi connectivity index (χ3n) is 2.39. The molecule has 1 aromatic heterocycles. The SMILES string of the molecule is CC(C)(C)c1csc2c(O)cccc12. The highest BCUT2D eigenvalue weighted by Gasteiger charge is 2.18. The second-order valence-electron chi connectivity index (χ2n) is 4.55. The summed E-state index contributed by atoms with van der Waals surface area (Å²) in [6.07, 6.45) is 0. The summed E-state index contributed by atoms with van der Waals surface area (Å²) in [5.74, 6) is 0.392. The number of phenolic OH excluding ortho intramolecular Hbond substituents is 1. The second kappa shape index (κ2) is 2.99. The largest absolute Gasteiger partial charge is 0.506 e. The smallest absolute Gasteiger partial charge is 0.133 e. The van der Waals surface area contributed by atoms with Gasteiger partial charge in [0.15, 0.2) is 0 Å². The number of thiophene rings is 1. The quantitative estimate of drug-likeness (QED) is 0.693. The van der Waals surface area contributed by atoms with Crippen LogP contribution in [-0.4, -0.2) is 5.11 Å². The molecule has 0 aliphatic heterocycles. The number of hydrogen-bond donors (Lipinski definition) is 1. The summed E-state index contributed by atoms with van der Waals surface area (Å²) in [6.45, 7) is 6.58. The molecule has 0 aliphatic rings. The van der Waals surface area contributed by atoms with Crippen molar-refractivity contribution in [2.24, 2.45) is 0 Å². The Balaban J connectivity index is 2.76. The normalized spacial score (nSPS) is 12.2. The van der Waals surface area contributed by atoms with Crippen molar-refractivity contribution in [3.8, 4) is 5.75 Å². The van der Waals surface area contributed by atoms with E-state index in [1.54, 1.807) is 17.4 Å². The van der Waals surface area contributed by atoms with E-state index >= 15 is 0 Å². The summed E-state index contributed by atoms with van der Waals surface area (Å²) in [7, 11) is 0. The van der Waals surface area contributed by atoms with Gasteiger partial charge in [0.25, 0.3) is 0 Å². The van der Waals surface area contributed by atoms with Gasteiger partial charge in [-0.25, -0.2) is 0 Å². The van der Waals surface area contributed by atoms with Gasteiger partial charge in [0.05, 0.1) is 4.70 Å². The number of aromatic hydroxyl groups is 1. The molecule has 0 atom stereocenters. The minimum absolute atomic E-state index is 0.145. The van der Waals surface area contributed by atoms with Crippen molar-refractivity contribution in [1.29, 1.82) is 0 Å². The van der Waals surface area contributed by atoms with Crippen molar-refractivity contribution in [1.82, 2.24) is 0 Å². The van der Waals surface area contributed by atoms with E-state index in [1.807, 2.05) is 6.07 Å². The number of hydrogen-bond acceptors (Lipinski definition) is 2. The first-order valence-corrected chi connectivity index (χ1v) is 5.58. The van der Waals surface area contributed by atoms with Crippen LogP contribution >= 0.6 is 11.3 Å². The highest BCUT2D eigenvalue weighted by atomic mass is 32.1. The monoisotopic (exact) mass is 206 g/mol. The average Bonchev–Trinajstić information content (AvgIpc) is 2.47. The molecular weight excluding hydrogens is 192 g/mol. The van der Waals surface area contributed by atoms with Gasteiger partial charge in [0.2, 0.25) is 0 Å². The Hall–Kier alpha value is -1.02. The Morgan fingerprint density at radius 2 is 1.93 bits per heavy atom. The van der Waals surface area contributed by atoms with E-state index in [9.17, 15) is 5.11 Å². The maximum absolute atomic E-state index is 9.66. The van der Waals surface area contributed by atoms with Gasteiger partial charge in [-0.05, 0) is 27.8 Å². The molecule has 2 rings (SSSR count). The lowest BCUT2D eigenvalue weighted by Gasteiger charge is -2.17. The van der Waals surface area contributed by atoms with Gasteiger partial charge in [-0.15, -0.1) is 11.3 Å². The fourth-order valence-electron chi connectivity index (χ4n) is 1.62. The molecule has 1 N–H and O–H groups in total. The van der Waals surface area contributed by atoms with Gasteiger partial charge in [0.1, 0.15) is 5.75 Å². The Morgan fingerprint density at radius 1 is 1.21 bits per heavy atom. The van der Waals surface area contributed by atoms with Crippen LogP contribution in [0.2, 0.25) is 0 Å². The van der Waals surface area contributed by atoms with Crippen LogP contribution in [-0.2, 0) is 5.41 Å². The van der Waals surface area contributed by atoms with Crippen LogP contribution in [0.25, 0.3) is 10.1 Å². The van der Waals surface area contributed by atoms with Crippen LogP contribution in [0.5, 0.6) is 5.75 Å². The Morgan fingerprint density at radius 3 is 2.57 bits per heavy atom. The summed E-state index contributed by atoms with van der Waals surface area (Å²) in [4.78, 5) is 0. The summed E-state index contributed by atoms with van der Waals surface area (Å²) in [6, 6.07) is 5.72. The number of rotatable bonds is 0. The van der Waals surface area contributed by atoms with E-state index in [-0.39, 0.29) is 5.41 Å². The first-order chi connectivity index (χ1) is 6.50. The number of phenols is 1. The fraction of sp³-hybridized carbons (Fsp3) is 0.333. The first kappa shape index (κ1) is 9.53. The zero-order chi connectivity index (χ0) is 10.3. The van der Waals surface area contributed by atoms with Crippen molar-refractivity contribution in [2.45, 2.75) is 26.2 Å². The van der Waals surface area contributed by atoms with E-state index in [1.165, 1.54) is 10.9 Å². The van der Waals surface area contributed by atoms with Crippen LogP contribution in [0.15, 0.2) is 23.6 Å². The zero-order valence-electron chi connectivity index (χ0n) is 8.66. The fourth-order valence-corrected chi connectivity index (χ4v) is 2.83. The molecule has 74 valence electrons. The molecule has 0 aliphatic carbocycles. The van der Waals surface area contributed by atoms with Crippen molar-refractivity contribution < 1.29 is 5.11 Å². The maximum atomic E-state index is 9.66. The van der Waals surface area contributed by atoms with E-state index in [0.717, 1.165) is 4.70 Å². The van der Waals surface area contributed by atoms with Gasteiger partial charge < -0.3 is 5.11 Å². The highest BCUT2D eigenvalue weighted by Crippen LogP contribution is 2.38.